The Kier molecular flexibility index (Phi) is 5.03. The molecule has 120 valence electrons. The lowest BCUT2D eigenvalue weighted by molar-refractivity contribution is -0.124. The van der Waals surface area contributed by atoms with Crippen molar-refractivity contribution in [1.29, 1.82) is 0 Å². The maximum absolute atomic E-state index is 12.9. The molecule has 3 nitrogen and oxygen atoms in total. The quantitative estimate of drug-likeness (QED) is 0.819. The van der Waals surface area contributed by atoms with Crippen molar-refractivity contribution < 1.29 is 9.18 Å². The molecule has 1 amide bonds. The van der Waals surface area contributed by atoms with E-state index in [1.807, 2.05) is 6.92 Å². The molecular formula is C17H23FN2OS. The van der Waals surface area contributed by atoms with Crippen molar-refractivity contribution in [3.63, 3.8) is 0 Å². The van der Waals surface area contributed by atoms with Crippen LogP contribution in [0.3, 0.4) is 0 Å². The Hall–Kier alpha value is -1.07. The minimum Gasteiger partial charge on any atom is -0.353 e. The van der Waals surface area contributed by atoms with E-state index in [0.717, 1.165) is 23.5 Å². The molecule has 2 bridgehead atoms. The largest absolute Gasteiger partial charge is 0.353 e. The second kappa shape index (κ2) is 7.01. The van der Waals surface area contributed by atoms with Crippen LogP contribution in [0.25, 0.3) is 0 Å². The highest BCUT2D eigenvalue weighted by Gasteiger charge is 2.34. The summed E-state index contributed by atoms with van der Waals surface area (Å²) in [6.07, 6.45) is 4.60. The number of benzene rings is 1. The average Bonchev–Trinajstić information content (AvgIpc) is 2.85. The highest BCUT2D eigenvalue weighted by atomic mass is 32.2. The zero-order valence-electron chi connectivity index (χ0n) is 12.8. The first-order valence-electron chi connectivity index (χ1n) is 8.05. The van der Waals surface area contributed by atoms with Gasteiger partial charge in [-0.25, -0.2) is 4.39 Å². The van der Waals surface area contributed by atoms with Crippen LogP contribution >= 0.6 is 11.8 Å². The highest BCUT2D eigenvalue weighted by Crippen LogP contribution is 2.27. The lowest BCUT2D eigenvalue weighted by Gasteiger charge is -2.30. The molecule has 0 aromatic heterocycles. The van der Waals surface area contributed by atoms with Crippen LogP contribution < -0.4 is 10.6 Å². The van der Waals surface area contributed by atoms with Crippen LogP contribution in [0.4, 0.5) is 4.39 Å². The van der Waals surface area contributed by atoms with E-state index in [1.165, 1.54) is 25.0 Å². The predicted octanol–water partition coefficient (Wildman–Crippen LogP) is 2.95. The maximum Gasteiger partial charge on any atom is 0.223 e. The second-order valence-corrected chi connectivity index (χ2v) is 7.57. The van der Waals surface area contributed by atoms with Crippen molar-refractivity contribution in [2.45, 2.75) is 55.6 Å². The molecule has 1 aromatic rings. The van der Waals surface area contributed by atoms with Crippen molar-refractivity contribution >= 4 is 17.7 Å². The van der Waals surface area contributed by atoms with Crippen molar-refractivity contribution in [1.82, 2.24) is 10.6 Å². The Morgan fingerprint density at radius 2 is 1.95 bits per heavy atom. The molecule has 2 N–H and O–H groups in total. The molecule has 2 heterocycles. The molecule has 3 unspecified atom stereocenters. The molecule has 0 spiro atoms. The maximum atomic E-state index is 12.9. The molecule has 0 aliphatic carbocycles. The third-order valence-electron chi connectivity index (χ3n) is 4.58. The molecule has 5 heteroatoms. The van der Waals surface area contributed by atoms with Crippen LogP contribution in [-0.4, -0.2) is 29.8 Å². The fourth-order valence-corrected chi connectivity index (χ4v) is 4.27. The molecule has 2 aliphatic heterocycles. The summed E-state index contributed by atoms with van der Waals surface area (Å²) >= 11 is 1.60. The van der Waals surface area contributed by atoms with Gasteiger partial charge in [-0.1, -0.05) is 6.92 Å². The number of nitrogens with one attached hydrogen (secondary N) is 2. The topological polar surface area (TPSA) is 41.1 Å². The van der Waals surface area contributed by atoms with Gasteiger partial charge in [0, 0.05) is 34.7 Å². The number of rotatable bonds is 5. The normalized spacial score (nSPS) is 28.4. The smallest absolute Gasteiger partial charge is 0.223 e. The Balaban J connectivity index is 1.44. The van der Waals surface area contributed by atoms with Gasteiger partial charge in [-0.3, -0.25) is 4.79 Å². The van der Waals surface area contributed by atoms with Gasteiger partial charge in [-0.05, 0) is 49.9 Å². The van der Waals surface area contributed by atoms with E-state index in [1.54, 1.807) is 23.9 Å². The Morgan fingerprint density at radius 1 is 1.32 bits per heavy atom. The van der Waals surface area contributed by atoms with E-state index in [-0.39, 0.29) is 17.6 Å². The summed E-state index contributed by atoms with van der Waals surface area (Å²) in [5, 5.41) is 6.80. The van der Waals surface area contributed by atoms with Crippen molar-refractivity contribution in [2.24, 2.45) is 5.92 Å². The average molecular weight is 322 g/mol. The molecule has 2 aliphatic rings. The number of amides is 1. The molecule has 22 heavy (non-hydrogen) atoms. The minimum atomic E-state index is -0.226. The molecule has 2 saturated heterocycles. The first-order chi connectivity index (χ1) is 10.6. The van der Waals surface area contributed by atoms with Gasteiger partial charge in [0.05, 0.1) is 0 Å². The van der Waals surface area contributed by atoms with Gasteiger partial charge in [-0.15, -0.1) is 11.8 Å². The predicted molar refractivity (Wildman–Crippen MR) is 87.4 cm³/mol. The zero-order valence-corrected chi connectivity index (χ0v) is 13.7. The second-order valence-electron chi connectivity index (χ2n) is 6.48. The van der Waals surface area contributed by atoms with Gasteiger partial charge in [-0.2, -0.15) is 0 Å². The third kappa shape index (κ3) is 4.02. The van der Waals surface area contributed by atoms with E-state index in [2.05, 4.69) is 10.6 Å². The first kappa shape index (κ1) is 15.8. The van der Waals surface area contributed by atoms with Crippen molar-refractivity contribution in [3.05, 3.63) is 30.1 Å². The summed E-state index contributed by atoms with van der Waals surface area (Å²) < 4.78 is 12.9. The van der Waals surface area contributed by atoms with Crippen LogP contribution in [0.5, 0.6) is 0 Å². The molecule has 3 atom stereocenters. The summed E-state index contributed by atoms with van der Waals surface area (Å²) in [7, 11) is 0. The Morgan fingerprint density at radius 3 is 2.59 bits per heavy atom. The molecule has 1 aromatic carbocycles. The van der Waals surface area contributed by atoms with Crippen LogP contribution in [0.1, 0.15) is 32.6 Å². The zero-order chi connectivity index (χ0) is 15.5. The molecule has 0 radical (unpaired) electrons. The summed E-state index contributed by atoms with van der Waals surface area (Å²) in [6, 6.07) is 7.94. The summed E-state index contributed by atoms with van der Waals surface area (Å²) in [4.78, 5) is 13.3. The SMILES string of the molecule is CC(CSc1ccc(F)cc1)C(=O)NC1CC2CCC(C1)N2. The minimum absolute atomic E-state index is 0.0393. The lowest BCUT2D eigenvalue weighted by Crippen LogP contribution is -2.49. The van der Waals surface area contributed by atoms with E-state index in [9.17, 15) is 9.18 Å². The number of hydrogen-bond acceptors (Lipinski definition) is 3. The van der Waals surface area contributed by atoms with Crippen LogP contribution in [0.2, 0.25) is 0 Å². The van der Waals surface area contributed by atoms with Crippen LogP contribution in [0, 0.1) is 11.7 Å². The Labute approximate surface area is 135 Å². The number of hydrogen-bond donors (Lipinski definition) is 2. The van der Waals surface area contributed by atoms with Gasteiger partial charge < -0.3 is 10.6 Å². The van der Waals surface area contributed by atoms with Gasteiger partial charge in [0.25, 0.3) is 0 Å². The monoisotopic (exact) mass is 322 g/mol. The summed E-state index contributed by atoms with van der Waals surface area (Å²) in [6.45, 7) is 1.96. The van der Waals surface area contributed by atoms with Gasteiger partial charge in [0.1, 0.15) is 5.82 Å². The summed E-state index contributed by atoms with van der Waals surface area (Å²) in [5.74, 6) is 0.592. The van der Waals surface area contributed by atoms with E-state index in [4.69, 9.17) is 0 Å². The van der Waals surface area contributed by atoms with Gasteiger partial charge >= 0.3 is 0 Å². The number of carbonyl (C=O) groups is 1. The first-order valence-corrected chi connectivity index (χ1v) is 9.03. The van der Waals surface area contributed by atoms with E-state index in [0.29, 0.717) is 18.1 Å². The number of piperidine rings is 1. The number of carbonyl (C=O) groups excluding carboxylic acids is 1. The van der Waals surface area contributed by atoms with Gasteiger partial charge in [0.15, 0.2) is 0 Å². The van der Waals surface area contributed by atoms with Gasteiger partial charge in [0.2, 0.25) is 5.91 Å². The summed E-state index contributed by atoms with van der Waals surface area (Å²) in [5.41, 5.74) is 0. The highest BCUT2D eigenvalue weighted by molar-refractivity contribution is 7.99. The van der Waals surface area contributed by atoms with E-state index >= 15 is 0 Å². The molecule has 3 rings (SSSR count). The standard InChI is InChI=1S/C17H23FN2OS/c1-11(10-22-16-6-2-12(18)3-7-16)17(21)20-15-8-13-4-5-14(9-15)19-13/h2-3,6-7,11,13-15,19H,4-5,8-10H2,1H3,(H,20,21). The van der Waals surface area contributed by atoms with Crippen molar-refractivity contribution in [2.75, 3.05) is 5.75 Å². The molecule has 2 fully saturated rings. The number of thioether (sulfide) groups is 1. The fourth-order valence-electron chi connectivity index (χ4n) is 3.35. The molecule has 0 saturated carbocycles. The van der Waals surface area contributed by atoms with Crippen molar-refractivity contribution in [3.8, 4) is 0 Å². The van der Waals surface area contributed by atoms with E-state index < -0.39 is 0 Å². The van der Waals surface area contributed by atoms with Crippen LogP contribution in [0.15, 0.2) is 29.2 Å². The lowest BCUT2D eigenvalue weighted by atomic mass is 9.99. The number of fused-ring (bicyclic) bond motifs is 2. The fraction of sp³-hybridized carbons (Fsp3) is 0.588. The Bertz CT molecular complexity index is 510. The number of halogens is 1. The molecular weight excluding hydrogens is 299 g/mol. The third-order valence-corrected chi connectivity index (χ3v) is 5.85. The van der Waals surface area contributed by atoms with Crippen LogP contribution in [-0.2, 0) is 4.79 Å².